The van der Waals surface area contributed by atoms with Crippen molar-refractivity contribution in [3.8, 4) is 0 Å². The van der Waals surface area contributed by atoms with E-state index in [0.29, 0.717) is 6.61 Å². The molecule has 90 valence electrons. The molecule has 1 N–H and O–H groups in total. The van der Waals surface area contributed by atoms with E-state index in [-0.39, 0.29) is 12.2 Å². The van der Waals surface area contributed by atoms with Crippen molar-refractivity contribution in [1.82, 2.24) is 0 Å². The molecule has 0 aromatic heterocycles. The van der Waals surface area contributed by atoms with Crippen LogP contribution in [-0.4, -0.2) is 29.7 Å². The van der Waals surface area contributed by atoms with Crippen LogP contribution in [0.15, 0.2) is 30.3 Å². The van der Waals surface area contributed by atoms with E-state index >= 15 is 0 Å². The van der Waals surface area contributed by atoms with E-state index < -0.39 is 0 Å². The lowest BCUT2D eigenvalue weighted by molar-refractivity contribution is 0.0152. The number of hydrogen-bond donors (Lipinski definition) is 1. The van der Waals surface area contributed by atoms with Crippen molar-refractivity contribution < 1.29 is 9.84 Å². The lowest BCUT2D eigenvalue weighted by Gasteiger charge is -2.13. The number of aliphatic hydroxyl groups is 1. The fraction of sp³-hybridized carbons (Fsp3) is 0.538. The molecule has 0 fully saturated rings. The molecule has 0 saturated heterocycles. The van der Waals surface area contributed by atoms with Crippen LogP contribution in [0.2, 0.25) is 0 Å². The molecule has 0 aliphatic heterocycles. The second-order valence-electron chi connectivity index (χ2n) is 4.04. The van der Waals surface area contributed by atoms with E-state index in [4.69, 9.17) is 4.74 Å². The van der Waals surface area contributed by atoms with E-state index in [0.717, 1.165) is 11.5 Å². The zero-order valence-corrected chi connectivity index (χ0v) is 10.7. The van der Waals surface area contributed by atoms with E-state index in [2.05, 4.69) is 12.1 Å². The van der Waals surface area contributed by atoms with Crippen molar-refractivity contribution in [3.63, 3.8) is 0 Å². The average molecular weight is 240 g/mol. The summed E-state index contributed by atoms with van der Waals surface area (Å²) >= 11 is 1.74. The molecule has 0 spiro atoms. The predicted molar refractivity (Wildman–Crippen MR) is 69.7 cm³/mol. The van der Waals surface area contributed by atoms with Crippen LogP contribution in [0, 0.1) is 0 Å². The van der Waals surface area contributed by atoms with Gasteiger partial charge in [0.05, 0.1) is 18.8 Å². The number of ether oxygens (including phenoxy) is 1. The first-order chi connectivity index (χ1) is 7.68. The third-order valence-corrected chi connectivity index (χ3v) is 3.20. The number of thioether (sulfide) groups is 1. The van der Waals surface area contributed by atoms with Crippen LogP contribution >= 0.6 is 11.8 Å². The van der Waals surface area contributed by atoms with Crippen molar-refractivity contribution in [2.75, 3.05) is 12.4 Å². The highest BCUT2D eigenvalue weighted by molar-refractivity contribution is 7.98. The first-order valence-electron chi connectivity index (χ1n) is 5.60. The van der Waals surface area contributed by atoms with Crippen molar-refractivity contribution in [3.05, 3.63) is 35.9 Å². The lowest BCUT2D eigenvalue weighted by Crippen LogP contribution is -2.20. The van der Waals surface area contributed by atoms with Gasteiger partial charge in [-0.1, -0.05) is 30.3 Å². The third kappa shape index (κ3) is 6.16. The Labute approximate surface area is 102 Å². The molecule has 2 nitrogen and oxygen atoms in total. The zero-order chi connectivity index (χ0) is 11.8. The summed E-state index contributed by atoms with van der Waals surface area (Å²) in [6, 6.07) is 10.3. The second-order valence-corrected chi connectivity index (χ2v) is 5.07. The summed E-state index contributed by atoms with van der Waals surface area (Å²) in [6.07, 6.45) is -0.176. The van der Waals surface area contributed by atoms with Gasteiger partial charge in [0.2, 0.25) is 0 Å². The fourth-order valence-electron chi connectivity index (χ4n) is 1.24. The Hall–Kier alpha value is -0.510. The first-order valence-corrected chi connectivity index (χ1v) is 6.75. The van der Waals surface area contributed by atoms with Gasteiger partial charge in [0.1, 0.15) is 0 Å². The largest absolute Gasteiger partial charge is 0.390 e. The second kappa shape index (κ2) is 7.71. The first kappa shape index (κ1) is 13.6. The van der Waals surface area contributed by atoms with Gasteiger partial charge in [-0.05, 0) is 19.4 Å². The number of rotatable bonds is 7. The Morgan fingerprint density at radius 1 is 1.25 bits per heavy atom. The van der Waals surface area contributed by atoms with Crippen LogP contribution in [-0.2, 0) is 10.5 Å². The van der Waals surface area contributed by atoms with Crippen molar-refractivity contribution in [2.45, 2.75) is 31.8 Å². The van der Waals surface area contributed by atoms with E-state index in [1.54, 1.807) is 11.8 Å². The van der Waals surface area contributed by atoms with Crippen molar-refractivity contribution in [1.29, 1.82) is 0 Å². The van der Waals surface area contributed by atoms with Gasteiger partial charge in [-0.15, -0.1) is 0 Å². The van der Waals surface area contributed by atoms with Crippen LogP contribution in [0.4, 0.5) is 0 Å². The highest BCUT2D eigenvalue weighted by atomic mass is 32.2. The van der Waals surface area contributed by atoms with Gasteiger partial charge in [0.25, 0.3) is 0 Å². The van der Waals surface area contributed by atoms with Crippen LogP contribution < -0.4 is 0 Å². The minimum Gasteiger partial charge on any atom is -0.390 e. The minimum atomic E-state index is -0.365. The minimum absolute atomic E-state index is 0.189. The maximum atomic E-state index is 9.63. The van der Waals surface area contributed by atoms with Crippen LogP contribution in [0.3, 0.4) is 0 Å². The monoisotopic (exact) mass is 240 g/mol. The molecular weight excluding hydrogens is 220 g/mol. The maximum absolute atomic E-state index is 9.63. The zero-order valence-electron chi connectivity index (χ0n) is 9.93. The van der Waals surface area contributed by atoms with Gasteiger partial charge < -0.3 is 9.84 Å². The van der Waals surface area contributed by atoms with E-state index in [9.17, 15) is 5.11 Å². The average Bonchev–Trinajstić information content (AvgIpc) is 2.28. The molecule has 0 aliphatic rings. The molecule has 0 aliphatic carbocycles. The molecule has 1 atom stereocenters. The Balaban J connectivity index is 2.11. The van der Waals surface area contributed by atoms with Crippen LogP contribution in [0.5, 0.6) is 0 Å². The quantitative estimate of drug-likeness (QED) is 0.794. The van der Waals surface area contributed by atoms with Gasteiger partial charge in [-0.3, -0.25) is 0 Å². The number of aliphatic hydroxyl groups excluding tert-OH is 1. The van der Waals surface area contributed by atoms with Gasteiger partial charge in [0.15, 0.2) is 0 Å². The molecule has 0 saturated carbocycles. The topological polar surface area (TPSA) is 29.5 Å². The van der Waals surface area contributed by atoms with Gasteiger partial charge in [0, 0.05) is 11.5 Å². The molecule has 1 unspecified atom stereocenters. The third-order valence-electron chi connectivity index (χ3n) is 2.04. The number of hydrogen-bond acceptors (Lipinski definition) is 3. The highest BCUT2D eigenvalue weighted by Crippen LogP contribution is 2.12. The molecule has 3 heteroatoms. The summed E-state index contributed by atoms with van der Waals surface area (Å²) in [7, 11) is 0. The smallest absolute Gasteiger partial charge is 0.0864 e. The normalized spacial score (nSPS) is 13.0. The predicted octanol–water partition coefficient (Wildman–Crippen LogP) is 2.71. The van der Waals surface area contributed by atoms with Crippen molar-refractivity contribution >= 4 is 11.8 Å². The van der Waals surface area contributed by atoms with Crippen LogP contribution in [0.25, 0.3) is 0 Å². The molecule has 0 radical (unpaired) electrons. The lowest BCUT2D eigenvalue weighted by atomic mass is 10.2. The molecule has 0 heterocycles. The fourth-order valence-corrected chi connectivity index (χ4v) is 2.15. The van der Waals surface area contributed by atoms with Gasteiger partial charge in [-0.2, -0.15) is 11.8 Å². The Morgan fingerprint density at radius 2 is 1.94 bits per heavy atom. The molecule has 0 amide bonds. The molecule has 1 aromatic rings. The SMILES string of the molecule is CC(C)OCC(O)CSCc1ccccc1. The molecule has 16 heavy (non-hydrogen) atoms. The van der Waals surface area contributed by atoms with Crippen molar-refractivity contribution in [2.24, 2.45) is 0 Å². The molecular formula is C13H20O2S. The van der Waals surface area contributed by atoms with E-state index in [1.165, 1.54) is 5.56 Å². The summed E-state index contributed by atoms with van der Waals surface area (Å²) < 4.78 is 5.34. The number of benzene rings is 1. The molecule has 0 bridgehead atoms. The van der Waals surface area contributed by atoms with Gasteiger partial charge >= 0.3 is 0 Å². The summed E-state index contributed by atoms with van der Waals surface area (Å²) in [5.41, 5.74) is 1.30. The maximum Gasteiger partial charge on any atom is 0.0864 e. The van der Waals surface area contributed by atoms with Crippen LogP contribution in [0.1, 0.15) is 19.4 Å². The molecule has 1 aromatic carbocycles. The standard InChI is InChI=1S/C13H20O2S/c1-11(2)15-8-13(14)10-16-9-12-6-4-3-5-7-12/h3-7,11,13-14H,8-10H2,1-2H3. The Bertz CT molecular complexity index is 275. The molecule has 1 rings (SSSR count). The summed E-state index contributed by atoms with van der Waals surface area (Å²) in [6.45, 7) is 4.38. The summed E-state index contributed by atoms with van der Waals surface area (Å²) in [4.78, 5) is 0. The Kier molecular flexibility index (Phi) is 6.53. The summed E-state index contributed by atoms with van der Waals surface area (Å²) in [5, 5.41) is 9.63. The Morgan fingerprint density at radius 3 is 2.56 bits per heavy atom. The summed E-state index contributed by atoms with van der Waals surface area (Å²) in [5.74, 6) is 1.67. The highest BCUT2D eigenvalue weighted by Gasteiger charge is 2.05. The van der Waals surface area contributed by atoms with E-state index in [1.807, 2.05) is 32.0 Å². The van der Waals surface area contributed by atoms with Gasteiger partial charge in [-0.25, -0.2) is 0 Å².